The fourth-order valence-corrected chi connectivity index (χ4v) is 2.39. The van der Waals surface area contributed by atoms with Crippen molar-refractivity contribution < 1.29 is 0 Å². The predicted octanol–water partition coefficient (Wildman–Crippen LogP) is 6.09. The molecule has 3 aromatic carbocycles. The van der Waals surface area contributed by atoms with Crippen LogP contribution in [0.2, 0.25) is 0 Å². The van der Waals surface area contributed by atoms with Gasteiger partial charge in [-0.15, -0.1) is 0 Å². The molecule has 0 N–H and O–H groups in total. The van der Waals surface area contributed by atoms with E-state index in [4.69, 9.17) is 0 Å². The SMILES string of the molecule is CC(c1ccccc1)c1ccccc1.CCc1ccccc1. The van der Waals surface area contributed by atoms with Crippen molar-refractivity contribution >= 4 is 0 Å². The van der Waals surface area contributed by atoms with E-state index in [2.05, 4.69) is 98.8 Å². The van der Waals surface area contributed by atoms with Crippen molar-refractivity contribution in [1.82, 2.24) is 0 Å². The first-order chi connectivity index (χ1) is 10.8. The Hall–Kier alpha value is -2.34. The molecule has 3 rings (SSSR count). The van der Waals surface area contributed by atoms with Crippen LogP contribution in [-0.2, 0) is 6.42 Å². The zero-order valence-electron chi connectivity index (χ0n) is 13.4. The summed E-state index contributed by atoms with van der Waals surface area (Å²) in [6, 6.07) is 31.6. The molecule has 0 saturated heterocycles. The predicted molar refractivity (Wildman–Crippen MR) is 96.2 cm³/mol. The summed E-state index contributed by atoms with van der Waals surface area (Å²) in [6.45, 7) is 4.40. The Morgan fingerprint density at radius 2 is 0.955 bits per heavy atom. The first kappa shape index (κ1) is 16.0. The van der Waals surface area contributed by atoms with Crippen molar-refractivity contribution in [3.8, 4) is 0 Å². The Labute approximate surface area is 134 Å². The van der Waals surface area contributed by atoms with Crippen LogP contribution in [0.25, 0.3) is 0 Å². The molecular weight excluding hydrogens is 264 g/mol. The largest absolute Gasteiger partial charge is 0.0622 e. The quantitative estimate of drug-likeness (QED) is 0.547. The summed E-state index contributed by atoms with van der Waals surface area (Å²) in [5, 5.41) is 0. The van der Waals surface area contributed by atoms with Crippen LogP contribution >= 0.6 is 0 Å². The van der Waals surface area contributed by atoms with Crippen LogP contribution in [0.5, 0.6) is 0 Å². The van der Waals surface area contributed by atoms with Crippen molar-refractivity contribution in [2.45, 2.75) is 26.2 Å². The fourth-order valence-electron chi connectivity index (χ4n) is 2.39. The van der Waals surface area contributed by atoms with E-state index in [9.17, 15) is 0 Å². The van der Waals surface area contributed by atoms with Gasteiger partial charge in [0.1, 0.15) is 0 Å². The monoisotopic (exact) mass is 288 g/mol. The smallest absolute Gasteiger partial charge is 0.00610 e. The minimum absolute atomic E-state index is 0.484. The van der Waals surface area contributed by atoms with Crippen molar-refractivity contribution in [1.29, 1.82) is 0 Å². The standard InChI is InChI=1S/C14H14.C8H10/c1-12(13-8-4-2-5-9-13)14-10-6-3-7-11-14;1-2-8-6-4-3-5-7-8/h2-12H,1H3;3-7H,2H2,1H3. The van der Waals surface area contributed by atoms with Crippen LogP contribution in [0.15, 0.2) is 91.0 Å². The number of hydrogen-bond donors (Lipinski definition) is 0. The van der Waals surface area contributed by atoms with Gasteiger partial charge in [0, 0.05) is 5.92 Å². The van der Waals surface area contributed by atoms with Crippen molar-refractivity contribution in [2.24, 2.45) is 0 Å². The van der Waals surface area contributed by atoms with E-state index in [-0.39, 0.29) is 0 Å². The van der Waals surface area contributed by atoms with Gasteiger partial charge in [-0.05, 0) is 23.1 Å². The van der Waals surface area contributed by atoms with Crippen LogP contribution < -0.4 is 0 Å². The lowest BCUT2D eigenvalue weighted by Gasteiger charge is -2.11. The Kier molecular flexibility index (Phi) is 6.44. The van der Waals surface area contributed by atoms with Crippen LogP contribution in [0, 0.1) is 0 Å². The second-order valence-electron chi connectivity index (χ2n) is 5.38. The van der Waals surface area contributed by atoms with Crippen LogP contribution in [-0.4, -0.2) is 0 Å². The van der Waals surface area contributed by atoms with E-state index < -0.39 is 0 Å². The van der Waals surface area contributed by atoms with Gasteiger partial charge in [-0.1, -0.05) is 105 Å². The maximum Gasteiger partial charge on any atom is 0.00610 e. The molecule has 0 aliphatic heterocycles. The normalized spacial score (nSPS) is 9.95. The van der Waals surface area contributed by atoms with Gasteiger partial charge >= 0.3 is 0 Å². The van der Waals surface area contributed by atoms with Crippen LogP contribution in [0.3, 0.4) is 0 Å². The maximum atomic E-state index is 2.24. The molecule has 0 unspecified atom stereocenters. The molecule has 0 heteroatoms. The summed E-state index contributed by atoms with van der Waals surface area (Å²) in [5.74, 6) is 0.484. The number of rotatable bonds is 3. The van der Waals surface area contributed by atoms with Gasteiger partial charge in [-0.3, -0.25) is 0 Å². The van der Waals surface area contributed by atoms with E-state index in [1.807, 2.05) is 6.07 Å². The lowest BCUT2D eigenvalue weighted by atomic mass is 9.93. The minimum Gasteiger partial charge on any atom is -0.0622 e. The summed E-state index contributed by atoms with van der Waals surface area (Å²) in [7, 11) is 0. The van der Waals surface area contributed by atoms with Crippen LogP contribution in [0.1, 0.15) is 36.5 Å². The molecular formula is C22H24. The third-order valence-electron chi connectivity index (χ3n) is 3.85. The maximum absolute atomic E-state index is 2.24. The van der Waals surface area contributed by atoms with E-state index in [0.717, 1.165) is 6.42 Å². The highest BCUT2D eigenvalue weighted by atomic mass is 14.1. The highest BCUT2D eigenvalue weighted by molar-refractivity contribution is 5.31. The van der Waals surface area contributed by atoms with Gasteiger partial charge in [0.2, 0.25) is 0 Å². The Balaban J connectivity index is 0.000000188. The zero-order chi connectivity index (χ0) is 15.6. The molecule has 0 saturated carbocycles. The van der Waals surface area contributed by atoms with Crippen molar-refractivity contribution in [3.05, 3.63) is 108 Å². The highest BCUT2D eigenvalue weighted by Gasteiger charge is 2.05. The number of hydrogen-bond acceptors (Lipinski definition) is 0. The van der Waals surface area contributed by atoms with E-state index in [1.165, 1.54) is 16.7 Å². The molecule has 0 heterocycles. The summed E-state index contributed by atoms with van der Waals surface area (Å²) in [6.07, 6.45) is 1.14. The number of aryl methyl sites for hydroxylation is 1. The van der Waals surface area contributed by atoms with Gasteiger partial charge in [0.25, 0.3) is 0 Å². The summed E-state index contributed by atoms with van der Waals surface area (Å²) >= 11 is 0. The first-order valence-corrected chi connectivity index (χ1v) is 7.95. The van der Waals surface area contributed by atoms with E-state index >= 15 is 0 Å². The minimum atomic E-state index is 0.484. The molecule has 0 spiro atoms. The Bertz CT molecular complexity index is 587. The molecule has 0 nitrogen and oxygen atoms in total. The first-order valence-electron chi connectivity index (χ1n) is 7.95. The second kappa shape index (κ2) is 8.84. The van der Waals surface area contributed by atoms with Gasteiger partial charge in [-0.25, -0.2) is 0 Å². The second-order valence-corrected chi connectivity index (χ2v) is 5.38. The lowest BCUT2D eigenvalue weighted by Crippen LogP contribution is -1.94. The van der Waals surface area contributed by atoms with Crippen molar-refractivity contribution in [3.63, 3.8) is 0 Å². The molecule has 0 aliphatic carbocycles. The van der Waals surface area contributed by atoms with E-state index in [1.54, 1.807) is 0 Å². The Morgan fingerprint density at radius 1 is 0.591 bits per heavy atom. The molecule has 0 radical (unpaired) electrons. The number of benzene rings is 3. The molecule has 22 heavy (non-hydrogen) atoms. The van der Waals surface area contributed by atoms with E-state index in [0.29, 0.717) is 5.92 Å². The van der Waals surface area contributed by atoms with Gasteiger partial charge in [0.05, 0.1) is 0 Å². The molecule has 0 fully saturated rings. The molecule has 0 aromatic heterocycles. The van der Waals surface area contributed by atoms with Gasteiger partial charge in [-0.2, -0.15) is 0 Å². The third-order valence-corrected chi connectivity index (χ3v) is 3.85. The Morgan fingerprint density at radius 3 is 1.27 bits per heavy atom. The van der Waals surface area contributed by atoms with Crippen molar-refractivity contribution in [2.75, 3.05) is 0 Å². The average Bonchev–Trinajstić information content (AvgIpc) is 2.64. The third kappa shape index (κ3) is 4.89. The molecule has 0 bridgehead atoms. The molecule has 3 aromatic rings. The van der Waals surface area contributed by atoms with Gasteiger partial charge in [0.15, 0.2) is 0 Å². The van der Waals surface area contributed by atoms with Crippen LogP contribution in [0.4, 0.5) is 0 Å². The summed E-state index contributed by atoms with van der Waals surface area (Å²) in [4.78, 5) is 0. The molecule has 112 valence electrons. The molecule has 0 amide bonds. The summed E-state index contributed by atoms with van der Waals surface area (Å²) < 4.78 is 0. The average molecular weight is 288 g/mol. The summed E-state index contributed by atoms with van der Waals surface area (Å²) in [5.41, 5.74) is 4.16. The lowest BCUT2D eigenvalue weighted by molar-refractivity contribution is 0.922. The fraction of sp³-hybridized carbons (Fsp3) is 0.182. The molecule has 0 atom stereocenters. The molecule has 0 aliphatic rings. The van der Waals surface area contributed by atoms with Gasteiger partial charge < -0.3 is 0 Å². The topological polar surface area (TPSA) is 0 Å². The highest BCUT2D eigenvalue weighted by Crippen LogP contribution is 2.22. The zero-order valence-corrected chi connectivity index (χ0v) is 13.4.